The van der Waals surface area contributed by atoms with Crippen LogP contribution in [0.1, 0.15) is 27.2 Å². The summed E-state index contributed by atoms with van der Waals surface area (Å²) in [7, 11) is 3.99. The first-order chi connectivity index (χ1) is 5.36. The molecule has 1 atom stereocenters. The lowest BCUT2D eigenvalue weighted by Crippen LogP contribution is -2.36. The van der Waals surface area contributed by atoms with E-state index in [2.05, 4.69) is 30.6 Å². The van der Waals surface area contributed by atoms with Gasteiger partial charge in [0.05, 0.1) is 11.6 Å². The Bertz CT molecular complexity index is 184. The molecule has 0 aliphatic carbocycles. The van der Waals surface area contributed by atoms with E-state index >= 15 is 0 Å². The summed E-state index contributed by atoms with van der Waals surface area (Å²) in [5.41, 5.74) is -0.102. The van der Waals surface area contributed by atoms with E-state index in [1.807, 2.05) is 14.1 Å². The van der Waals surface area contributed by atoms with Crippen molar-refractivity contribution in [3.63, 3.8) is 0 Å². The molecule has 0 spiro atoms. The highest BCUT2D eigenvalue weighted by molar-refractivity contribution is 5.14. The predicted octanol–water partition coefficient (Wildman–Crippen LogP) is 1.10. The Morgan fingerprint density at radius 1 is 1.42 bits per heavy atom. The lowest BCUT2D eigenvalue weighted by molar-refractivity contribution is 0.200. The third-order valence-corrected chi connectivity index (χ3v) is 1.91. The van der Waals surface area contributed by atoms with Gasteiger partial charge >= 0.3 is 0 Å². The van der Waals surface area contributed by atoms with Crippen molar-refractivity contribution in [2.75, 3.05) is 14.1 Å². The van der Waals surface area contributed by atoms with Gasteiger partial charge in [-0.25, -0.2) is 0 Å². The van der Waals surface area contributed by atoms with Gasteiger partial charge in [0.2, 0.25) is 0 Å². The summed E-state index contributed by atoms with van der Waals surface area (Å²) in [6.45, 7) is 5.86. The first-order valence-corrected chi connectivity index (χ1v) is 4.22. The molecule has 0 aliphatic heterocycles. The smallest absolute Gasteiger partial charge is 0.0763 e. The first-order valence-electron chi connectivity index (χ1n) is 4.22. The molecule has 2 heteroatoms. The normalized spacial score (nSPS) is 13.9. The highest BCUT2D eigenvalue weighted by atomic mass is 16.3. The van der Waals surface area contributed by atoms with Gasteiger partial charge in [-0.15, -0.1) is 0 Å². The van der Waals surface area contributed by atoms with Crippen LogP contribution in [0.3, 0.4) is 0 Å². The van der Waals surface area contributed by atoms with Crippen LogP contribution in [0.5, 0.6) is 0 Å². The predicted molar refractivity (Wildman–Crippen MR) is 51.8 cm³/mol. The Morgan fingerprint density at radius 3 is 2.25 bits per heavy atom. The topological polar surface area (TPSA) is 23.5 Å². The van der Waals surface area contributed by atoms with Crippen molar-refractivity contribution in [1.82, 2.24) is 4.90 Å². The van der Waals surface area contributed by atoms with Crippen molar-refractivity contribution in [2.45, 2.75) is 38.8 Å². The van der Waals surface area contributed by atoms with Crippen LogP contribution in [-0.2, 0) is 0 Å². The number of hydrogen-bond acceptors (Lipinski definition) is 2. The molecule has 1 N–H and O–H groups in total. The fourth-order valence-corrected chi connectivity index (χ4v) is 0.527. The molecule has 0 aromatic heterocycles. The van der Waals surface area contributed by atoms with Crippen LogP contribution in [0.15, 0.2) is 0 Å². The second-order valence-corrected chi connectivity index (χ2v) is 3.81. The van der Waals surface area contributed by atoms with E-state index in [1.165, 1.54) is 0 Å². The molecule has 0 bridgehead atoms. The van der Waals surface area contributed by atoms with E-state index < -0.39 is 0 Å². The molecule has 0 rings (SSSR count). The molecule has 2 nitrogen and oxygen atoms in total. The second kappa shape index (κ2) is 4.49. The van der Waals surface area contributed by atoms with Gasteiger partial charge in [-0.2, -0.15) is 0 Å². The van der Waals surface area contributed by atoms with Crippen molar-refractivity contribution < 1.29 is 5.11 Å². The zero-order valence-electron chi connectivity index (χ0n) is 8.68. The minimum absolute atomic E-state index is 0.102. The van der Waals surface area contributed by atoms with Gasteiger partial charge in [0.15, 0.2) is 0 Å². The maximum absolute atomic E-state index is 8.97. The van der Waals surface area contributed by atoms with E-state index in [-0.39, 0.29) is 11.6 Å². The van der Waals surface area contributed by atoms with Crippen LogP contribution in [0.2, 0.25) is 0 Å². The quantitative estimate of drug-likeness (QED) is 0.626. The maximum atomic E-state index is 8.97. The Morgan fingerprint density at radius 2 is 1.92 bits per heavy atom. The molecule has 0 heterocycles. The number of nitrogens with zero attached hydrogens (tertiary/aromatic N) is 1. The molecule has 0 fully saturated rings. The SMILES string of the molecule is CC(O)CC#CC(C)(C)N(C)C. The number of aliphatic hydroxyl groups is 1. The average Bonchev–Trinajstić information content (AvgIpc) is 1.85. The molecule has 1 unspecified atom stereocenters. The highest BCUT2D eigenvalue weighted by Crippen LogP contribution is 2.07. The van der Waals surface area contributed by atoms with Gasteiger partial charge in [0, 0.05) is 6.42 Å². The lowest BCUT2D eigenvalue weighted by atomic mass is 10.1. The van der Waals surface area contributed by atoms with Gasteiger partial charge in [-0.1, -0.05) is 11.8 Å². The Hall–Kier alpha value is -0.520. The summed E-state index contributed by atoms with van der Waals surface area (Å²) >= 11 is 0. The molecule has 12 heavy (non-hydrogen) atoms. The van der Waals surface area contributed by atoms with E-state index in [1.54, 1.807) is 6.92 Å². The Balaban J connectivity index is 4.09. The van der Waals surface area contributed by atoms with Crippen LogP contribution in [0.4, 0.5) is 0 Å². The van der Waals surface area contributed by atoms with Gasteiger partial charge in [0.1, 0.15) is 0 Å². The summed E-state index contributed by atoms with van der Waals surface area (Å²) in [6, 6.07) is 0. The van der Waals surface area contributed by atoms with Crippen molar-refractivity contribution in [3.05, 3.63) is 0 Å². The Labute approximate surface area is 75.6 Å². The molecule has 0 saturated heterocycles. The van der Waals surface area contributed by atoms with E-state index in [4.69, 9.17) is 5.11 Å². The van der Waals surface area contributed by atoms with Crippen molar-refractivity contribution in [2.24, 2.45) is 0 Å². The van der Waals surface area contributed by atoms with Gasteiger partial charge in [-0.05, 0) is 34.9 Å². The second-order valence-electron chi connectivity index (χ2n) is 3.81. The third-order valence-electron chi connectivity index (χ3n) is 1.91. The van der Waals surface area contributed by atoms with Crippen molar-refractivity contribution >= 4 is 0 Å². The largest absolute Gasteiger partial charge is 0.392 e. The third kappa shape index (κ3) is 4.38. The van der Waals surface area contributed by atoms with Gasteiger partial charge in [0.25, 0.3) is 0 Å². The van der Waals surface area contributed by atoms with E-state index in [0.29, 0.717) is 6.42 Å². The molecule has 0 saturated carbocycles. The number of hydrogen-bond donors (Lipinski definition) is 1. The molecule has 0 aliphatic rings. The molecule has 0 aromatic carbocycles. The fraction of sp³-hybridized carbons (Fsp3) is 0.800. The maximum Gasteiger partial charge on any atom is 0.0763 e. The summed E-state index contributed by atoms with van der Waals surface area (Å²) in [4.78, 5) is 2.06. The molecular weight excluding hydrogens is 150 g/mol. The number of aliphatic hydroxyl groups excluding tert-OH is 1. The summed E-state index contributed by atoms with van der Waals surface area (Å²) in [5.74, 6) is 6.07. The minimum atomic E-state index is -0.324. The first kappa shape index (κ1) is 11.5. The van der Waals surface area contributed by atoms with Crippen LogP contribution in [0.25, 0.3) is 0 Å². The lowest BCUT2D eigenvalue weighted by Gasteiger charge is -2.26. The van der Waals surface area contributed by atoms with Crippen LogP contribution < -0.4 is 0 Å². The number of rotatable bonds is 2. The zero-order valence-corrected chi connectivity index (χ0v) is 8.68. The molecule has 0 aromatic rings. The molecule has 70 valence electrons. The van der Waals surface area contributed by atoms with Gasteiger partial charge in [-0.3, -0.25) is 4.90 Å². The summed E-state index contributed by atoms with van der Waals surface area (Å²) < 4.78 is 0. The van der Waals surface area contributed by atoms with Crippen molar-refractivity contribution in [1.29, 1.82) is 0 Å². The molecule has 0 radical (unpaired) electrons. The standard InChI is InChI=1S/C10H19NO/c1-9(12)7-6-8-10(2,3)11(4)5/h9,12H,7H2,1-5H3. The van der Waals surface area contributed by atoms with E-state index in [9.17, 15) is 0 Å². The van der Waals surface area contributed by atoms with Crippen LogP contribution in [-0.4, -0.2) is 35.7 Å². The summed E-state index contributed by atoms with van der Waals surface area (Å²) in [5, 5.41) is 8.97. The van der Waals surface area contributed by atoms with E-state index in [0.717, 1.165) is 0 Å². The minimum Gasteiger partial charge on any atom is -0.392 e. The van der Waals surface area contributed by atoms with Crippen molar-refractivity contribution in [3.8, 4) is 11.8 Å². The fourth-order valence-electron chi connectivity index (χ4n) is 0.527. The Kier molecular flexibility index (Phi) is 4.30. The molecule has 0 amide bonds. The van der Waals surface area contributed by atoms with Crippen LogP contribution >= 0.6 is 0 Å². The summed E-state index contributed by atoms with van der Waals surface area (Å²) in [6.07, 6.45) is 0.229. The zero-order chi connectivity index (χ0) is 9.78. The van der Waals surface area contributed by atoms with Gasteiger partial charge < -0.3 is 5.11 Å². The van der Waals surface area contributed by atoms with Crippen LogP contribution in [0, 0.1) is 11.8 Å². The molecular formula is C10H19NO. The monoisotopic (exact) mass is 169 g/mol. The average molecular weight is 169 g/mol. The highest BCUT2D eigenvalue weighted by Gasteiger charge is 2.15.